The number of carbonyl (C=O) groups excluding carboxylic acids is 5. The van der Waals surface area contributed by atoms with Gasteiger partial charge in [0.15, 0.2) is 0 Å². The number of hydrogen-bond donors (Lipinski definition) is 4. The quantitative estimate of drug-likeness (QED) is 0.244. The fourth-order valence-corrected chi connectivity index (χ4v) is 5.81. The molecule has 5 N–H and O–H groups in total. The molecule has 5 atom stereocenters. The monoisotopic (exact) mass is 621 g/mol. The third kappa shape index (κ3) is 10.4. The molecule has 1 unspecified atom stereocenters. The number of rotatable bonds is 12. The molecule has 2 fully saturated rings. The Morgan fingerprint density at radius 1 is 0.864 bits per heavy atom. The Hall–Kier alpha value is -2.69. The SMILES string of the molecule is CC(C)[C@H]1CCN(C(=O)[C@@H](NC(=O)N[C@H](COC(C)(C)C)C(C)(C)C)C(C)(C)C)[C@@H]1C(=O)NC(CC1CCC1)C(=O)C(N)=O. The van der Waals surface area contributed by atoms with Crippen molar-refractivity contribution in [2.75, 3.05) is 13.2 Å². The van der Waals surface area contributed by atoms with Crippen molar-refractivity contribution in [2.24, 2.45) is 34.3 Å². The van der Waals surface area contributed by atoms with Crippen LogP contribution in [0.15, 0.2) is 0 Å². The predicted molar refractivity (Wildman–Crippen MR) is 170 cm³/mol. The fourth-order valence-electron chi connectivity index (χ4n) is 5.81. The lowest BCUT2D eigenvalue weighted by Crippen LogP contribution is -2.62. The highest BCUT2D eigenvalue weighted by atomic mass is 16.5. The number of Topliss-reactive ketones (excluding diaryl/α,β-unsaturated/α-hetero) is 1. The van der Waals surface area contributed by atoms with Gasteiger partial charge in [0.25, 0.3) is 5.91 Å². The van der Waals surface area contributed by atoms with Gasteiger partial charge in [0.05, 0.1) is 24.3 Å². The third-order valence-corrected chi connectivity index (χ3v) is 8.94. The number of urea groups is 1. The largest absolute Gasteiger partial charge is 0.374 e. The molecule has 0 aromatic heterocycles. The Balaban J connectivity index is 2.31. The third-order valence-electron chi connectivity index (χ3n) is 8.94. The first-order chi connectivity index (χ1) is 20.0. The Morgan fingerprint density at radius 3 is 1.89 bits per heavy atom. The van der Waals surface area contributed by atoms with E-state index in [1.54, 1.807) is 0 Å². The summed E-state index contributed by atoms with van der Waals surface area (Å²) in [7, 11) is 0. The van der Waals surface area contributed by atoms with Gasteiger partial charge in [-0.15, -0.1) is 0 Å². The zero-order chi connectivity index (χ0) is 33.8. The van der Waals surface area contributed by atoms with E-state index in [2.05, 4.69) is 16.0 Å². The number of likely N-dealkylation sites (tertiary alicyclic amines) is 1. The molecule has 0 aromatic rings. The summed E-state index contributed by atoms with van der Waals surface area (Å²) in [4.78, 5) is 67.6. The topological polar surface area (TPSA) is 160 Å². The fraction of sp³-hybridized carbons (Fsp3) is 0.848. The molecule has 11 heteroatoms. The van der Waals surface area contributed by atoms with E-state index in [-0.39, 0.29) is 40.7 Å². The van der Waals surface area contributed by atoms with Crippen LogP contribution in [-0.2, 0) is 23.9 Å². The summed E-state index contributed by atoms with van der Waals surface area (Å²) in [5, 5.41) is 8.72. The maximum Gasteiger partial charge on any atom is 0.315 e. The molecule has 0 bridgehead atoms. The van der Waals surface area contributed by atoms with Crippen molar-refractivity contribution in [3.8, 4) is 0 Å². The average Bonchev–Trinajstić information content (AvgIpc) is 3.29. The Kier molecular flexibility index (Phi) is 12.4. The molecular formula is C33H59N5O6. The second kappa shape index (κ2) is 14.6. The first-order valence-corrected chi connectivity index (χ1v) is 16.2. The van der Waals surface area contributed by atoms with Crippen LogP contribution < -0.4 is 21.7 Å². The van der Waals surface area contributed by atoms with Crippen LogP contribution in [0, 0.1) is 28.6 Å². The zero-order valence-electron chi connectivity index (χ0n) is 29.0. The molecule has 2 aliphatic rings. The molecular weight excluding hydrogens is 562 g/mol. The lowest BCUT2D eigenvalue weighted by Gasteiger charge is -2.38. The van der Waals surface area contributed by atoms with Crippen molar-refractivity contribution in [1.82, 2.24) is 20.9 Å². The summed E-state index contributed by atoms with van der Waals surface area (Å²) in [5.41, 5.74) is 3.95. The van der Waals surface area contributed by atoms with Crippen molar-refractivity contribution >= 4 is 29.5 Å². The molecule has 0 spiro atoms. The summed E-state index contributed by atoms with van der Waals surface area (Å²) in [6.07, 6.45) is 3.85. The summed E-state index contributed by atoms with van der Waals surface area (Å²) >= 11 is 0. The van der Waals surface area contributed by atoms with Crippen LogP contribution in [0.3, 0.4) is 0 Å². The van der Waals surface area contributed by atoms with Crippen LogP contribution in [0.2, 0.25) is 0 Å². The predicted octanol–water partition coefficient (Wildman–Crippen LogP) is 3.53. The molecule has 5 amide bonds. The van der Waals surface area contributed by atoms with Crippen LogP contribution in [0.1, 0.15) is 108 Å². The van der Waals surface area contributed by atoms with Crippen LogP contribution in [-0.4, -0.2) is 77.4 Å². The number of nitrogens with zero attached hydrogens (tertiary/aromatic N) is 1. The number of nitrogens with one attached hydrogen (secondary N) is 3. The van der Waals surface area contributed by atoms with E-state index < -0.39 is 47.2 Å². The molecule has 252 valence electrons. The van der Waals surface area contributed by atoms with Crippen LogP contribution in [0.5, 0.6) is 0 Å². The zero-order valence-corrected chi connectivity index (χ0v) is 29.0. The first-order valence-electron chi connectivity index (χ1n) is 16.2. The summed E-state index contributed by atoms with van der Waals surface area (Å²) in [5.74, 6) is -2.61. The normalized spacial score (nSPS) is 21.7. The second-order valence-electron chi connectivity index (χ2n) is 16.3. The van der Waals surface area contributed by atoms with E-state index in [1.807, 2.05) is 76.2 Å². The highest BCUT2D eigenvalue weighted by Gasteiger charge is 2.48. The molecule has 1 aliphatic heterocycles. The van der Waals surface area contributed by atoms with E-state index in [0.717, 1.165) is 19.3 Å². The van der Waals surface area contributed by atoms with Gasteiger partial charge in [-0.2, -0.15) is 0 Å². The number of ketones is 1. The molecule has 0 radical (unpaired) electrons. The average molecular weight is 622 g/mol. The van der Waals surface area contributed by atoms with Crippen LogP contribution >= 0.6 is 0 Å². The van der Waals surface area contributed by atoms with Crippen molar-refractivity contribution < 1.29 is 28.7 Å². The number of nitrogens with two attached hydrogens (primary N) is 1. The summed E-state index contributed by atoms with van der Waals surface area (Å²) < 4.78 is 5.98. The van der Waals surface area contributed by atoms with Gasteiger partial charge in [0, 0.05) is 6.54 Å². The molecule has 44 heavy (non-hydrogen) atoms. The summed E-state index contributed by atoms with van der Waals surface area (Å²) in [6.45, 7) is 22.1. The van der Waals surface area contributed by atoms with Gasteiger partial charge in [-0.25, -0.2) is 4.79 Å². The maximum absolute atomic E-state index is 14.2. The lowest BCUT2D eigenvalue weighted by molar-refractivity contribution is -0.144. The molecule has 1 saturated heterocycles. The number of carbonyl (C=O) groups is 5. The minimum absolute atomic E-state index is 0.0696. The second-order valence-corrected chi connectivity index (χ2v) is 16.3. The smallest absolute Gasteiger partial charge is 0.315 e. The van der Waals surface area contributed by atoms with Gasteiger partial charge in [0.1, 0.15) is 12.1 Å². The van der Waals surface area contributed by atoms with Gasteiger partial charge >= 0.3 is 6.03 Å². The number of primary amides is 1. The van der Waals surface area contributed by atoms with E-state index in [0.29, 0.717) is 26.0 Å². The number of ether oxygens (including phenoxy) is 1. The van der Waals surface area contributed by atoms with Gasteiger partial charge in [-0.3, -0.25) is 19.2 Å². The van der Waals surface area contributed by atoms with E-state index in [4.69, 9.17) is 10.5 Å². The summed E-state index contributed by atoms with van der Waals surface area (Å²) in [6, 6.07) is -3.65. The Labute approximate surface area is 264 Å². The number of amides is 5. The molecule has 2 rings (SSSR count). The van der Waals surface area contributed by atoms with E-state index in [1.165, 1.54) is 4.90 Å². The van der Waals surface area contributed by atoms with Gasteiger partial charge in [-0.05, 0) is 62.2 Å². The minimum atomic E-state index is -1.08. The van der Waals surface area contributed by atoms with Crippen molar-refractivity contribution in [1.29, 1.82) is 0 Å². The van der Waals surface area contributed by atoms with Crippen molar-refractivity contribution in [2.45, 2.75) is 138 Å². The molecule has 0 aromatic carbocycles. The van der Waals surface area contributed by atoms with Gasteiger partial charge in [-0.1, -0.05) is 74.7 Å². The van der Waals surface area contributed by atoms with Crippen LogP contribution in [0.4, 0.5) is 4.79 Å². The van der Waals surface area contributed by atoms with E-state index >= 15 is 0 Å². The standard InChI is InChI=1S/C33H59N5O6/c1-19(2)21-15-16-38(24(21)28(41)35-22(25(39)27(34)40)17-20-13-12-14-20)29(42)26(32(6,7)8)37-30(43)36-23(31(3,4)5)18-44-33(9,10)11/h19-24,26H,12-18H2,1-11H3,(H2,34,40)(H,35,41)(H2,36,37,43)/t21-,22?,23-,24+,26-/m1/s1. The van der Waals surface area contributed by atoms with Gasteiger partial charge < -0.3 is 31.3 Å². The van der Waals surface area contributed by atoms with Crippen LogP contribution in [0.25, 0.3) is 0 Å². The molecule has 1 aliphatic carbocycles. The molecule has 11 nitrogen and oxygen atoms in total. The first kappa shape index (κ1) is 37.5. The lowest BCUT2D eigenvalue weighted by atomic mass is 9.80. The van der Waals surface area contributed by atoms with Crippen molar-refractivity contribution in [3.63, 3.8) is 0 Å². The van der Waals surface area contributed by atoms with Crippen molar-refractivity contribution in [3.05, 3.63) is 0 Å². The Morgan fingerprint density at radius 2 is 1.45 bits per heavy atom. The van der Waals surface area contributed by atoms with E-state index in [9.17, 15) is 24.0 Å². The minimum Gasteiger partial charge on any atom is -0.374 e. The maximum atomic E-state index is 14.2. The number of hydrogen-bond acceptors (Lipinski definition) is 6. The highest BCUT2D eigenvalue weighted by Crippen LogP contribution is 2.34. The highest BCUT2D eigenvalue weighted by molar-refractivity contribution is 6.37. The van der Waals surface area contributed by atoms with Gasteiger partial charge in [0.2, 0.25) is 17.6 Å². The molecule has 1 saturated carbocycles. The molecule has 1 heterocycles. The Bertz CT molecular complexity index is 1050.